The van der Waals surface area contributed by atoms with E-state index in [0.29, 0.717) is 0 Å². The minimum absolute atomic E-state index is 0.180. The smallest absolute Gasteiger partial charge is 0.166 e. The second kappa shape index (κ2) is 3.04. The standard InChI is InChI=1S/C6H13NO4/c7-6(3-9)5(10)4(1-8)2-11-6/h4-5,8-10H,1-3,7H2. The molecular formula is C6H13NO4. The van der Waals surface area contributed by atoms with Gasteiger partial charge in [0.05, 0.1) is 19.8 Å². The molecule has 5 heteroatoms. The Morgan fingerprint density at radius 3 is 2.45 bits per heavy atom. The van der Waals surface area contributed by atoms with Gasteiger partial charge >= 0.3 is 0 Å². The number of hydrogen-bond acceptors (Lipinski definition) is 5. The first-order chi connectivity index (χ1) is 5.14. The molecule has 1 saturated heterocycles. The average Bonchev–Trinajstić information content (AvgIpc) is 2.31. The Kier molecular flexibility index (Phi) is 2.46. The molecule has 0 aliphatic carbocycles. The van der Waals surface area contributed by atoms with E-state index in [1.165, 1.54) is 0 Å². The van der Waals surface area contributed by atoms with E-state index in [4.69, 9.17) is 20.7 Å². The summed E-state index contributed by atoms with van der Waals surface area (Å²) in [5, 5.41) is 26.7. The van der Waals surface area contributed by atoms with Crippen molar-refractivity contribution in [3.05, 3.63) is 0 Å². The molecule has 5 nitrogen and oxygen atoms in total. The van der Waals surface area contributed by atoms with Crippen molar-refractivity contribution in [2.75, 3.05) is 19.8 Å². The summed E-state index contributed by atoms with van der Waals surface area (Å²) >= 11 is 0. The number of rotatable bonds is 2. The first kappa shape index (κ1) is 8.89. The summed E-state index contributed by atoms with van der Waals surface area (Å²) in [6.45, 7) is -0.431. The molecule has 0 aromatic rings. The van der Waals surface area contributed by atoms with E-state index in [2.05, 4.69) is 0 Å². The molecule has 66 valence electrons. The van der Waals surface area contributed by atoms with Gasteiger partial charge in [-0.05, 0) is 0 Å². The largest absolute Gasteiger partial charge is 0.396 e. The van der Waals surface area contributed by atoms with Crippen LogP contribution in [-0.4, -0.2) is 47.0 Å². The number of nitrogens with two attached hydrogens (primary N) is 1. The van der Waals surface area contributed by atoms with Crippen molar-refractivity contribution in [1.82, 2.24) is 0 Å². The summed E-state index contributed by atoms with van der Waals surface area (Å²) in [6, 6.07) is 0. The normalized spacial score (nSPS) is 44.7. The van der Waals surface area contributed by atoms with E-state index < -0.39 is 18.4 Å². The lowest BCUT2D eigenvalue weighted by Gasteiger charge is -2.25. The van der Waals surface area contributed by atoms with E-state index in [-0.39, 0.29) is 19.1 Å². The third-order valence-corrected chi connectivity index (χ3v) is 1.99. The highest BCUT2D eigenvalue weighted by atomic mass is 16.5. The zero-order chi connectivity index (χ0) is 8.48. The van der Waals surface area contributed by atoms with Crippen LogP contribution in [0.2, 0.25) is 0 Å². The molecule has 1 aliphatic rings. The summed E-state index contributed by atoms with van der Waals surface area (Å²) in [4.78, 5) is 0. The van der Waals surface area contributed by atoms with Crippen molar-refractivity contribution in [2.24, 2.45) is 11.7 Å². The minimum Gasteiger partial charge on any atom is -0.396 e. The van der Waals surface area contributed by atoms with Crippen LogP contribution in [0.15, 0.2) is 0 Å². The lowest BCUT2D eigenvalue weighted by Crippen LogP contribution is -2.53. The van der Waals surface area contributed by atoms with Gasteiger partial charge in [-0.3, -0.25) is 5.73 Å². The molecule has 0 aromatic carbocycles. The highest BCUT2D eigenvalue weighted by Gasteiger charge is 2.45. The first-order valence-corrected chi connectivity index (χ1v) is 3.46. The number of hydrogen-bond donors (Lipinski definition) is 4. The fraction of sp³-hybridized carbons (Fsp3) is 1.00. The molecule has 3 atom stereocenters. The van der Waals surface area contributed by atoms with Crippen molar-refractivity contribution in [3.63, 3.8) is 0 Å². The van der Waals surface area contributed by atoms with Crippen LogP contribution in [0.4, 0.5) is 0 Å². The Hall–Kier alpha value is -0.200. The van der Waals surface area contributed by atoms with Crippen LogP contribution in [0.25, 0.3) is 0 Å². The Morgan fingerprint density at radius 2 is 2.18 bits per heavy atom. The quantitative estimate of drug-likeness (QED) is 0.365. The fourth-order valence-corrected chi connectivity index (χ4v) is 1.13. The molecule has 0 aromatic heterocycles. The van der Waals surface area contributed by atoms with E-state index in [1.807, 2.05) is 0 Å². The van der Waals surface area contributed by atoms with Gasteiger partial charge in [0, 0.05) is 5.92 Å². The van der Waals surface area contributed by atoms with Gasteiger partial charge in [0.2, 0.25) is 0 Å². The number of aliphatic hydroxyl groups excluding tert-OH is 3. The molecule has 1 rings (SSSR count). The van der Waals surface area contributed by atoms with Gasteiger partial charge in [0.15, 0.2) is 5.72 Å². The Labute approximate surface area is 64.4 Å². The third-order valence-electron chi connectivity index (χ3n) is 1.99. The van der Waals surface area contributed by atoms with Crippen LogP contribution in [0.1, 0.15) is 0 Å². The summed E-state index contributed by atoms with van der Waals surface area (Å²) < 4.78 is 4.92. The van der Waals surface area contributed by atoms with Crippen LogP contribution in [-0.2, 0) is 4.74 Å². The van der Waals surface area contributed by atoms with E-state index in [0.717, 1.165) is 0 Å². The van der Waals surface area contributed by atoms with Gasteiger partial charge < -0.3 is 20.1 Å². The number of aliphatic hydroxyl groups is 3. The van der Waals surface area contributed by atoms with Crippen LogP contribution >= 0.6 is 0 Å². The van der Waals surface area contributed by atoms with Crippen LogP contribution < -0.4 is 5.73 Å². The van der Waals surface area contributed by atoms with Crippen molar-refractivity contribution < 1.29 is 20.1 Å². The Bertz CT molecular complexity index is 143. The van der Waals surface area contributed by atoms with Gasteiger partial charge in [-0.25, -0.2) is 0 Å². The third kappa shape index (κ3) is 1.38. The summed E-state index contributed by atoms with van der Waals surface area (Å²) in [5.41, 5.74) is 4.05. The Morgan fingerprint density at radius 1 is 1.55 bits per heavy atom. The van der Waals surface area contributed by atoms with Gasteiger partial charge in [-0.15, -0.1) is 0 Å². The van der Waals surface area contributed by atoms with Crippen molar-refractivity contribution in [1.29, 1.82) is 0 Å². The molecule has 0 amide bonds. The zero-order valence-corrected chi connectivity index (χ0v) is 6.10. The maximum Gasteiger partial charge on any atom is 0.166 e. The van der Waals surface area contributed by atoms with Gasteiger partial charge in [0.1, 0.15) is 6.10 Å². The first-order valence-electron chi connectivity index (χ1n) is 3.46. The van der Waals surface area contributed by atoms with Crippen LogP contribution in [0.3, 0.4) is 0 Å². The second-order valence-electron chi connectivity index (χ2n) is 2.81. The van der Waals surface area contributed by atoms with Crippen LogP contribution in [0.5, 0.6) is 0 Å². The maximum absolute atomic E-state index is 9.34. The molecule has 0 saturated carbocycles. The van der Waals surface area contributed by atoms with Crippen molar-refractivity contribution >= 4 is 0 Å². The van der Waals surface area contributed by atoms with Crippen molar-refractivity contribution in [2.45, 2.75) is 11.8 Å². The van der Waals surface area contributed by atoms with E-state index in [1.54, 1.807) is 0 Å². The summed E-state index contributed by atoms with van der Waals surface area (Å²) in [7, 11) is 0. The molecule has 0 radical (unpaired) electrons. The predicted molar refractivity (Wildman–Crippen MR) is 36.5 cm³/mol. The van der Waals surface area contributed by atoms with Crippen LogP contribution in [0, 0.1) is 5.92 Å². The van der Waals surface area contributed by atoms with Gasteiger partial charge in [0.25, 0.3) is 0 Å². The fourth-order valence-electron chi connectivity index (χ4n) is 1.13. The van der Waals surface area contributed by atoms with E-state index >= 15 is 0 Å². The lowest BCUT2D eigenvalue weighted by atomic mass is 9.99. The zero-order valence-electron chi connectivity index (χ0n) is 6.10. The predicted octanol–water partition coefficient (Wildman–Crippen LogP) is -2.37. The second-order valence-corrected chi connectivity index (χ2v) is 2.81. The molecule has 1 fully saturated rings. The molecule has 5 N–H and O–H groups in total. The monoisotopic (exact) mass is 163 g/mol. The highest BCUT2D eigenvalue weighted by Crippen LogP contribution is 2.25. The molecule has 11 heavy (non-hydrogen) atoms. The topological polar surface area (TPSA) is 95.9 Å². The molecule has 3 unspecified atom stereocenters. The highest BCUT2D eigenvalue weighted by molar-refractivity contribution is 4.92. The van der Waals surface area contributed by atoms with Crippen molar-refractivity contribution in [3.8, 4) is 0 Å². The molecule has 0 spiro atoms. The van der Waals surface area contributed by atoms with E-state index in [9.17, 15) is 5.11 Å². The maximum atomic E-state index is 9.34. The minimum atomic E-state index is -1.38. The number of ether oxygens (including phenoxy) is 1. The molecule has 1 aliphatic heterocycles. The lowest BCUT2D eigenvalue weighted by molar-refractivity contribution is -0.0883. The SMILES string of the molecule is NC1(CO)OCC(CO)C1O. The molecular weight excluding hydrogens is 150 g/mol. The summed E-state index contributed by atoms with van der Waals surface area (Å²) in [6.07, 6.45) is -0.988. The average molecular weight is 163 g/mol. The van der Waals surface area contributed by atoms with Gasteiger partial charge in [-0.1, -0.05) is 0 Å². The summed E-state index contributed by atoms with van der Waals surface area (Å²) in [5.74, 6) is -0.382. The molecule has 1 heterocycles. The Balaban J connectivity index is 2.61. The molecule has 0 bridgehead atoms. The van der Waals surface area contributed by atoms with Gasteiger partial charge in [-0.2, -0.15) is 0 Å².